The number of hydrogen-bond acceptors (Lipinski definition) is 4. The zero-order valence-electron chi connectivity index (χ0n) is 7.47. The van der Waals surface area contributed by atoms with Crippen molar-refractivity contribution in [3.63, 3.8) is 0 Å². The third-order valence-electron chi connectivity index (χ3n) is 2.63. The van der Waals surface area contributed by atoms with Crippen LogP contribution in [0.3, 0.4) is 0 Å². The summed E-state index contributed by atoms with van der Waals surface area (Å²) < 4.78 is 0. The van der Waals surface area contributed by atoms with Gasteiger partial charge in [0.1, 0.15) is 11.9 Å². The minimum atomic E-state index is -0.956. The molecular formula is C8H13NO4. The van der Waals surface area contributed by atoms with E-state index in [-0.39, 0.29) is 18.1 Å². The minimum absolute atomic E-state index is 0.0150. The Morgan fingerprint density at radius 2 is 2.15 bits per heavy atom. The molecule has 0 saturated heterocycles. The first kappa shape index (κ1) is 10.1. The average molecular weight is 187 g/mol. The van der Waals surface area contributed by atoms with Crippen molar-refractivity contribution in [3.8, 4) is 0 Å². The van der Waals surface area contributed by atoms with E-state index in [0.717, 1.165) is 0 Å². The van der Waals surface area contributed by atoms with Gasteiger partial charge in [0, 0.05) is 17.3 Å². The molecule has 5 nitrogen and oxygen atoms in total. The first-order valence-electron chi connectivity index (χ1n) is 4.34. The van der Waals surface area contributed by atoms with E-state index in [9.17, 15) is 20.0 Å². The third-order valence-corrected chi connectivity index (χ3v) is 2.63. The Labute approximate surface area is 75.9 Å². The largest absolute Gasteiger partial charge is 0.386 e. The number of ketones is 1. The molecule has 0 aromatic rings. The zero-order chi connectivity index (χ0) is 10.0. The molecule has 0 aromatic heterocycles. The number of rotatable bonds is 2. The molecule has 0 aromatic carbocycles. The number of carbonyl (C=O) groups is 1. The summed E-state index contributed by atoms with van der Waals surface area (Å²) >= 11 is 0. The molecule has 3 unspecified atom stereocenters. The van der Waals surface area contributed by atoms with Crippen molar-refractivity contribution in [2.24, 2.45) is 5.92 Å². The molecule has 3 atom stereocenters. The second-order valence-electron chi connectivity index (χ2n) is 3.54. The van der Waals surface area contributed by atoms with Gasteiger partial charge >= 0.3 is 0 Å². The minimum Gasteiger partial charge on any atom is -0.386 e. The molecule has 0 aliphatic heterocycles. The summed E-state index contributed by atoms with van der Waals surface area (Å²) in [4.78, 5) is 21.0. The highest BCUT2D eigenvalue weighted by Crippen LogP contribution is 2.26. The van der Waals surface area contributed by atoms with Crippen molar-refractivity contribution in [1.82, 2.24) is 0 Å². The molecule has 1 saturated carbocycles. The van der Waals surface area contributed by atoms with Crippen molar-refractivity contribution in [2.75, 3.05) is 0 Å². The molecule has 1 N–H and O–H groups in total. The lowest BCUT2D eigenvalue weighted by atomic mass is 9.82. The van der Waals surface area contributed by atoms with Gasteiger partial charge in [0.15, 0.2) is 0 Å². The second-order valence-corrected chi connectivity index (χ2v) is 3.54. The van der Waals surface area contributed by atoms with Crippen LogP contribution in [-0.4, -0.2) is 28.0 Å². The Morgan fingerprint density at radius 1 is 1.54 bits per heavy atom. The van der Waals surface area contributed by atoms with Crippen LogP contribution in [0.2, 0.25) is 0 Å². The standard InChI is InChI=1S/C8H13NO4/c1-5(10)6-2-3-8(11)7(4-6)9(12)13/h6-8,11H,2-4H2,1H3. The second kappa shape index (κ2) is 3.83. The maximum atomic E-state index is 11.0. The third kappa shape index (κ3) is 2.24. The number of aliphatic hydroxyl groups excluding tert-OH is 1. The normalized spacial score (nSPS) is 34.2. The van der Waals surface area contributed by atoms with E-state index in [2.05, 4.69) is 0 Å². The number of nitro groups is 1. The topological polar surface area (TPSA) is 80.4 Å². The number of nitrogens with zero attached hydrogens (tertiary/aromatic N) is 1. The molecule has 74 valence electrons. The van der Waals surface area contributed by atoms with Gasteiger partial charge in [0.25, 0.3) is 0 Å². The fourth-order valence-corrected chi connectivity index (χ4v) is 1.73. The molecule has 1 fully saturated rings. The molecule has 0 bridgehead atoms. The lowest BCUT2D eigenvalue weighted by Gasteiger charge is -2.26. The lowest BCUT2D eigenvalue weighted by Crippen LogP contribution is -2.41. The molecule has 0 spiro atoms. The van der Waals surface area contributed by atoms with Crippen LogP contribution in [0.25, 0.3) is 0 Å². The van der Waals surface area contributed by atoms with Gasteiger partial charge in [0.05, 0.1) is 0 Å². The fourth-order valence-electron chi connectivity index (χ4n) is 1.73. The predicted molar refractivity (Wildman–Crippen MR) is 44.8 cm³/mol. The maximum Gasteiger partial charge on any atom is 0.239 e. The van der Waals surface area contributed by atoms with Gasteiger partial charge in [0.2, 0.25) is 6.04 Å². The summed E-state index contributed by atoms with van der Waals surface area (Å²) in [5.41, 5.74) is 0. The van der Waals surface area contributed by atoms with Crippen molar-refractivity contribution < 1.29 is 14.8 Å². The van der Waals surface area contributed by atoms with Gasteiger partial charge < -0.3 is 5.11 Å². The van der Waals surface area contributed by atoms with Crippen molar-refractivity contribution in [3.05, 3.63) is 10.1 Å². The Hall–Kier alpha value is -0.970. The molecule has 1 aliphatic carbocycles. The molecule has 1 rings (SSSR count). The van der Waals surface area contributed by atoms with Crippen LogP contribution in [0, 0.1) is 16.0 Å². The smallest absolute Gasteiger partial charge is 0.239 e. The Morgan fingerprint density at radius 3 is 2.62 bits per heavy atom. The lowest BCUT2D eigenvalue weighted by molar-refractivity contribution is -0.538. The van der Waals surface area contributed by atoms with Gasteiger partial charge in [-0.15, -0.1) is 0 Å². The highest BCUT2D eigenvalue weighted by molar-refractivity contribution is 5.78. The van der Waals surface area contributed by atoms with E-state index in [0.29, 0.717) is 12.8 Å². The highest BCUT2D eigenvalue weighted by atomic mass is 16.6. The van der Waals surface area contributed by atoms with Gasteiger partial charge in [-0.3, -0.25) is 14.9 Å². The number of carbonyl (C=O) groups excluding carboxylic acids is 1. The number of aliphatic hydroxyl groups is 1. The molecule has 0 amide bonds. The summed E-state index contributed by atoms with van der Waals surface area (Å²) in [6, 6.07) is -0.956. The van der Waals surface area contributed by atoms with Crippen molar-refractivity contribution >= 4 is 5.78 Å². The van der Waals surface area contributed by atoms with Crippen LogP contribution in [0.5, 0.6) is 0 Å². The van der Waals surface area contributed by atoms with E-state index in [1.54, 1.807) is 0 Å². The summed E-state index contributed by atoms with van der Waals surface area (Å²) in [5, 5.41) is 19.8. The quantitative estimate of drug-likeness (QED) is 0.500. The average Bonchev–Trinajstić information content (AvgIpc) is 2.04. The van der Waals surface area contributed by atoms with E-state index in [1.807, 2.05) is 0 Å². The van der Waals surface area contributed by atoms with Crippen molar-refractivity contribution in [2.45, 2.75) is 38.3 Å². The first-order chi connectivity index (χ1) is 6.02. The highest BCUT2D eigenvalue weighted by Gasteiger charge is 2.38. The van der Waals surface area contributed by atoms with Crippen LogP contribution in [0.1, 0.15) is 26.2 Å². The van der Waals surface area contributed by atoms with E-state index < -0.39 is 17.1 Å². The summed E-state index contributed by atoms with van der Waals surface area (Å²) in [6.45, 7) is 1.44. The van der Waals surface area contributed by atoms with E-state index >= 15 is 0 Å². The number of hydrogen-bond donors (Lipinski definition) is 1. The zero-order valence-corrected chi connectivity index (χ0v) is 7.47. The van der Waals surface area contributed by atoms with E-state index in [1.165, 1.54) is 6.92 Å². The van der Waals surface area contributed by atoms with Gasteiger partial charge in [-0.2, -0.15) is 0 Å². The molecule has 1 aliphatic rings. The monoisotopic (exact) mass is 187 g/mol. The van der Waals surface area contributed by atoms with Crippen LogP contribution < -0.4 is 0 Å². The van der Waals surface area contributed by atoms with Crippen LogP contribution in [0.15, 0.2) is 0 Å². The summed E-state index contributed by atoms with van der Waals surface area (Å²) in [6.07, 6.45) is 0.228. The molecule has 5 heteroatoms. The maximum absolute atomic E-state index is 11.0. The van der Waals surface area contributed by atoms with E-state index in [4.69, 9.17) is 0 Å². The fraction of sp³-hybridized carbons (Fsp3) is 0.875. The van der Waals surface area contributed by atoms with Gasteiger partial charge in [-0.1, -0.05) is 0 Å². The van der Waals surface area contributed by atoms with Gasteiger partial charge in [-0.25, -0.2) is 0 Å². The number of Topliss-reactive ketones (excluding diaryl/α,β-unsaturated/α-hetero) is 1. The Bertz CT molecular complexity index is 228. The predicted octanol–water partition coefficient (Wildman–Crippen LogP) is 0.382. The van der Waals surface area contributed by atoms with Crippen LogP contribution >= 0.6 is 0 Å². The first-order valence-corrected chi connectivity index (χ1v) is 4.34. The van der Waals surface area contributed by atoms with Crippen LogP contribution in [0.4, 0.5) is 0 Å². The SMILES string of the molecule is CC(=O)C1CCC(O)C([N+](=O)[O-])C1. The Kier molecular flexibility index (Phi) is 2.98. The molecule has 13 heavy (non-hydrogen) atoms. The Balaban J connectivity index is 2.63. The molecule has 0 radical (unpaired) electrons. The summed E-state index contributed by atoms with van der Waals surface area (Å²) in [5.74, 6) is -0.252. The van der Waals surface area contributed by atoms with Crippen LogP contribution in [-0.2, 0) is 4.79 Å². The molecular weight excluding hydrogens is 174 g/mol. The van der Waals surface area contributed by atoms with Gasteiger partial charge in [-0.05, 0) is 19.8 Å². The molecule has 0 heterocycles. The van der Waals surface area contributed by atoms with Crippen molar-refractivity contribution in [1.29, 1.82) is 0 Å². The summed E-state index contributed by atoms with van der Waals surface area (Å²) in [7, 11) is 0.